The lowest BCUT2D eigenvalue weighted by molar-refractivity contribution is -0.0653. The lowest BCUT2D eigenvalue weighted by atomic mass is 9.90. The number of hydrogen-bond acceptors (Lipinski definition) is 6. The second-order valence-electron chi connectivity index (χ2n) is 14.8. The standard InChI is InChI=1S/C38H52O6Si2/c1-13-39-45(40-14-2,41-15-3)32-24-22-28-27-19-17-21-31-33(25-23-29(35(27)31)26-18-16-20-30(32)34(26)28)46(42-36(4,5)6,43-37(7,8)9)44-38(10,11)12/h16-25H,13-15H2,1-12H3. The third kappa shape index (κ3) is 6.64. The van der Waals surface area contributed by atoms with Crippen LogP contribution in [0.2, 0.25) is 0 Å². The van der Waals surface area contributed by atoms with E-state index in [0.717, 1.165) is 21.1 Å². The SMILES string of the molecule is CCO[Si](OCC)(OCC)c1ccc2c3cccc4c([Si](OC(C)(C)C)(OC(C)(C)C)OC(C)(C)C)ccc(c5cccc1c25)c43. The highest BCUT2D eigenvalue weighted by Crippen LogP contribution is 2.41. The molecule has 0 atom stereocenters. The molecule has 5 aromatic carbocycles. The molecule has 0 fully saturated rings. The van der Waals surface area contributed by atoms with E-state index in [4.69, 9.17) is 26.6 Å². The van der Waals surface area contributed by atoms with E-state index in [1.165, 1.54) is 32.3 Å². The molecule has 5 aromatic rings. The Hall–Kier alpha value is -2.41. The lowest BCUT2D eigenvalue weighted by Gasteiger charge is -2.43. The van der Waals surface area contributed by atoms with Crippen LogP contribution in [-0.4, -0.2) is 54.2 Å². The number of rotatable bonds is 11. The predicted octanol–water partition coefficient (Wildman–Crippen LogP) is 8.58. The Morgan fingerprint density at radius 1 is 0.413 bits per heavy atom. The van der Waals surface area contributed by atoms with Crippen LogP contribution >= 0.6 is 0 Å². The topological polar surface area (TPSA) is 55.4 Å². The Labute approximate surface area is 277 Å². The summed E-state index contributed by atoms with van der Waals surface area (Å²) in [6, 6.07) is 21.9. The molecule has 8 heteroatoms. The zero-order valence-corrected chi connectivity index (χ0v) is 31.8. The number of hydrogen-bond donors (Lipinski definition) is 0. The molecule has 0 saturated carbocycles. The first-order valence-electron chi connectivity index (χ1n) is 16.6. The Morgan fingerprint density at radius 2 is 0.717 bits per heavy atom. The Kier molecular flexibility index (Phi) is 9.53. The molecule has 0 saturated heterocycles. The molecule has 0 unspecified atom stereocenters. The van der Waals surface area contributed by atoms with Crippen LogP contribution in [0.5, 0.6) is 0 Å². The zero-order valence-electron chi connectivity index (χ0n) is 29.8. The summed E-state index contributed by atoms with van der Waals surface area (Å²) in [5.41, 5.74) is -1.51. The fourth-order valence-electron chi connectivity index (χ4n) is 6.61. The highest BCUT2D eigenvalue weighted by Gasteiger charge is 2.53. The van der Waals surface area contributed by atoms with Crippen LogP contribution < -0.4 is 10.4 Å². The van der Waals surface area contributed by atoms with Crippen molar-refractivity contribution in [3.05, 3.63) is 60.7 Å². The molecule has 0 heterocycles. The summed E-state index contributed by atoms with van der Waals surface area (Å²) >= 11 is 0. The lowest BCUT2D eigenvalue weighted by Crippen LogP contribution is -2.65. The van der Waals surface area contributed by atoms with Crippen LogP contribution in [0.25, 0.3) is 43.1 Å². The van der Waals surface area contributed by atoms with E-state index in [1.54, 1.807) is 0 Å². The number of fused-ring (bicyclic) bond motifs is 2. The van der Waals surface area contributed by atoms with E-state index in [9.17, 15) is 0 Å². The maximum Gasteiger partial charge on any atom is 0.539 e. The largest absolute Gasteiger partial charge is 0.539 e. The molecule has 0 aliphatic rings. The van der Waals surface area contributed by atoms with Crippen molar-refractivity contribution < 1.29 is 26.6 Å². The van der Waals surface area contributed by atoms with Crippen LogP contribution in [0, 0.1) is 0 Å². The molecule has 0 radical (unpaired) electrons. The van der Waals surface area contributed by atoms with Crippen molar-refractivity contribution in [2.24, 2.45) is 0 Å². The van der Waals surface area contributed by atoms with Gasteiger partial charge in [-0.1, -0.05) is 60.7 Å². The van der Waals surface area contributed by atoms with Crippen molar-refractivity contribution in [2.75, 3.05) is 19.8 Å². The van der Waals surface area contributed by atoms with Crippen molar-refractivity contribution >= 4 is 71.1 Å². The van der Waals surface area contributed by atoms with Gasteiger partial charge in [-0.05, 0) is 126 Å². The maximum absolute atomic E-state index is 7.01. The molecule has 0 aromatic heterocycles. The van der Waals surface area contributed by atoms with Gasteiger partial charge in [0.2, 0.25) is 0 Å². The van der Waals surface area contributed by atoms with Gasteiger partial charge in [-0.2, -0.15) is 0 Å². The van der Waals surface area contributed by atoms with Gasteiger partial charge < -0.3 is 26.6 Å². The van der Waals surface area contributed by atoms with Gasteiger partial charge in [-0.3, -0.25) is 0 Å². The third-order valence-corrected chi connectivity index (χ3v) is 14.5. The highest BCUT2D eigenvalue weighted by molar-refractivity contribution is 6.79. The fourth-order valence-corrected chi connectivity index (χ4v) is 13.0. The monoisotopic (exact) mass is 660 g/mol. The van der Waals surface area contributed by atoms with Crippen molar-refractivity contribution in [3.63, 3.8) is 0 Å². The van der Waals surface area contributed by atoms with E-state index >= 15 is 0 Å². The molecule has 248 valence electrons. The van der Waals surface area contributed by atoms with Crippen LogP contribution in [0.15, 0.2) is 60.7 Å². The fraction of sp³-hybridized carbons (Fsp3) is 0.474. The molecule has 0 aliphatic carbocycles. The molecule has 5 rings (SSSR count). The summed E-state index contributed by atoms with van der Waals surface area (Å²) in [7, 11) is -6.71. The Balaban J connectivity index is 1.90. The van der Waals surface area contributed by atoms with Crippen LogP contribution in [-0.2, 0) is 26.6 Å². The van der Waals surface area contributed by atoms with E-state index in [-0.39, 0.29) is 0 Å². The molecule has 46 heavy (non-hydrogen) atoms. The second kappa shape index (κ2) is 12.6. The van der Waals surface area contributed by atoms with Crippen molar-refractivity contribution in [1.82, 2.24) is 0 Å². The van der Waals surface area contributed by atoms with Gasteiger partial charge >= 0.3 is 17.6 Å². The Bertz CT molecular complexity index is 1750. The molecule has 0 aliphatic heterocycles. The summed E-state index contributed by atoms with van der Waals surface area (Å²) in [4.78, 5) is 0. The molecule has 6 nitrogen and oxygen atoms in total. The summed E-state index contributed by atoms with van der Waals surface area (Å²) in [6.07, 6.45) is 0. The minimum Gasteiger partial charge on any atom is -0.370 e. The van der Waals surface area contributed by atoms with Crippen LogP contribution in [0.4, 0.5) is 0 Å². The van der Waals surface area contributed by atoms with Gasteiger partial charge in [0.05, 0.1) is 16.8 Å². The van der Waals surface area contributed by atoms with E-state index < -0.39 is 34.4 Å². The minimum absolute atomic E-state index is 0.505. The average Bonchev–Trinajstić information content (AvgIpc) is 2.92. The van der Waals surface area contributed by atoms with Crippen molar-refractivity contribution in [2.45, 2.75) is 99.9 Å². The van der Waals surface area contributed by atoms with Crippen molar-refractivity contribution in [1.29, 1.82) is 0 Å². The van der Waals surface area contributed by atoms with E-state index in [2.05, 4.69) is 123 Å². The van der Waals surface area contributed by atoms with Gasteiger partial charge in [-0.15, -0.1) is 0 Å². The normalized spacial score (nSPS) is 14.0. The van der Waals surface area contributed by atoms with E-state index in [1.807, 2.05) is 20.8 Å². The summed E-state index contributed by atoms with van der Waals surface area (Å²) in [5, 5.41) is 11.3. The van der Waals surface area contributed by atoms with Crippen molar-refractivity contribution in [3.8, 4) is 0 Å². The van der Waals surface area contributed by atoms with Gasteiger partial charge in [0, 0.05) is 30.2 Å². The first-order valence-corrected chi connectivity index (χ1v) is 20.1. The van der Waals surface area contributed by atoms with Gasteiger partial charge in [-0.25, -0.2) is 0 Å². The maximum atomic E-state index is 7.01. The highest BCUT2D eigenvalue weighted by atomic mass is 28.4. The average molecular weight is 661 g/mol. The molecular weight excluding hydrogens is 609 g/mol. The third-order valence-electron chi connectivity index (χ3n) is 7.65. The molecule has 0 amide bonds. The summed E-state index contributed by atoms with van der Waals surface area (Å²) < 4.78 is 40.2. The summed E-state index contributed by atoms with van der Waals surface area (Å²) in [6.45, 7) is 26.2. The molecule has 0 spiro atoms. The van der Waals surface area contributed by atoms with Gasteiger partial charge in [0.25, 0.3) is 0 Å². The Morgan fingerprint density at radius 3 is 1.04 bits per heavy atom. The molecule has 0 N–H and O–H groups in total. The quantitative estimate of drug-likeness (QED) is 0.0804. The summed E-state index contributed by atoms with van der Waals surface area (Å²) in [5.74, 6) is 0. The number of benzene rings is 5. The van der Waals surface area contributed by atoms with Gasteiger partial charge in [0.1, 0.15) is 0 Å². The first kappa shape index (κ1) is 34.9. The van der Waals surface area contributed by atoms with Crippen LogP contribution in [0.1, 0.15) is 83.1 Å². The minimum atomic E-state index is -3.54. The van der Waals surface area contributed by atoms with Crippen LogP contribution in [0.3, 0.4) is 0 Å². The smallest absolute Gasteiger partial charge is 0.370 e. The van der Waals surface area contributed by atoms with Gasteiger partial charge in [0.15, 0.2) is 0 Å². The first-order chi connectivity index (χ1) is 21.5. The second-order valence-corrected chi connectivity index (χ2v) is 19.6. The molecule has 0 bridgehead atoms. The predicted molar refractivity (Wildman–Crippen MR) is 196 cm³/mol. The zero-order chi connectivity index (χ0) is 33.7. The molecular formula is C38H52O6Si2. The van der Waals surface area contributed by atoms with E-state index in [0.29, 0.717) is 19.8 Å².